The predicted molar refractivity (Wildman–Crippen MR) is 135 cm³/mol. The quantitative estimate of drug-likeness (QED) is 0.317. The molecule has 0 amide bonds. The maximum atomic E-state index is 13.2. The summed E-state index contributed by atoms with van der Waals surface area (Å²) in [4.78, 5) is 26.9. The summed E-state index contributed by atoms with van der Waals surface area (Å²) in [6.45, 7) is 3.95. The summed E-state index contributed by atoms with van der Waals surface area (Å²) in [5, 5.41) is -0.408. The number of pyridine rings is 2. The molecule has 0 unspecified atom stereocenters. The Labute approximate surface area is 212 Å². The van der Waals surface area contributed by atoms with Crippen molar-refractivity contribution < 1.29 is 17.9 Å². The summed E-state index contributed by atoms with van der Waals surface area (Å²) in [5.41, 5.74) is 0.818. The standard InChI is InChI=1S/C24H22ClN5O5S/c1-14(2)16-8-9-20(27-13-16)36(32,33)30-24-21(35-18-7-5-4-6-17(18)34-3)22(25)28-23(29-24)15-10-11-26-19(31)12-15/h4-14H,1-3H3,(H,26,31)(H,28,29,30). The maximum absolute atomic E-state index is 13.2. The van der Waals surface area contributed by atoms with E-state index in [0.29, 0.717) is 11.3 Å². The number of anilines is 1. The third-order valence-corrected chi connectivity index (χ3v) is 6.58. The first kappa shape index (κ1) is 25.1. The second-order valence-electron chi connectivity index (χ2n) is 7.90. The van der Waals surface area contributed by atoms with E-state index in [2.05, 4.69) is 24.7 Å². The number of ether oxygens (including phenoxy) is 2. The molecule has 36 heavy (non-hydrogen) atoms. The normalized spacial score (nSPS) is 11.4. The number of halogens is 1. The van der Waals surface area contributed by atoms with Gasteiger partial charge >= 0.3 is 0 Å². The van der Waals surface area contributed by atoms with Gasteiger partial charge in [0.05, 0.1) is 7.11 Å². The van der Waals surface area contributed by atoms with E-state index in [0.717, 1.165) is 5.56 Å². The number of hydrogen-bond acceptors (Lipinski definition) is 8. The van der Waals surface area contributed by atoms with Gasteiger partial charge in [-0.1, -0.05) is 43.6 Å². The van der Waals surface area contributed by atoms with Crippen LogP contribution in [-0.2, 0) is 10.0 Å². The van der Waals surface area contributed by atoms with Crippen molar-refractivity contribution in [2.24, 2.45) is 0 Å². The monoisotopic (exact) mass is 527 g/mol. The highest BCUT2D eigenvalue weighted by Gasteiger charge is 2.24. The molecule has 0 bridgehead atoms. The molecule has 4 aromatic rings. The van der Waals surface area contributed by atoms with Crippen LogP contribution in [0.5, 0.6) is 17.2 Å². The molecule has 0 spiro atoms. The average molecular weight is 528 g/mol. The van der Waals surface area contributed by atoms with Gasteiger partial charge in [0.25, 0.3) is 10.0 Å². The molecule has 0 radical (unpaired) electrons. The van der Waals surface area contributed by atoms with Crippen molar-refractivity contribution in [2.45, 2.75) is 24.8 Å². The highest BCUT2D eigenvalue weighted by molar-refractivity contribution is 7.92. The zero-order valence-corrected chi connectivity index (χ0v) is 21.1. The van der Waals surface area contributed by atoms with Gasteiger partial charge in [0, 0.05) is 24.0 Å². The SMILES string of the molecule is COc1ccccc1Oc1c(Cl)nc(-c2cc[nH]c(=O)c2)nc1NS(=O)(=O)c1ccc(C(C)C)cn1. The number of methoxy groups -OCH3 is 1. The predicted octanol–water partition coefficient (Wildman–Crippen LogP) is 4.61. The molecule has 0 saturated carbocycles. The minimum atomic E-state index is -4.20. The van der Waals surface area contributed by atoms with E-state index in [-0.39, 0.29) is 39.2 Å². The average Bonchev–Trinajstić information content (AvgIpc) is 2.86. The number of sulfonamides is 1. The second kappa shape index (κ2) is 10.3. The summed E-state index contributed by atoms with van der Waals surface area (Å²) in [6.07, 6.45) is 2.92. The lowest BCUT2D eigenvalue weighted by Gasteiger charge is -2.16. The van der Waals surface area contributed by atoms with Gasteiger partial charge in [0.2, 0.25) is 11.3 Å². The van der Waals surface area contributed by atoms with Crippen molar-refractivity contribution in [1.29, 1.82) is 0 Å². The first-order valence-corrected chi connectivity index (χ1v) is 12.6. The first-order valence-electron chi connectivity index (χ1n) is 10.7. The lowest BCUT2D eigenvalue weighted by molar-refractivity contribution is 0.378. The fourth-order valence-corrected chi connectivity index (χ4v) is 4.32. The minimum absolute atomic E-state index is 0.0132. The van der Waals surface area contributed by atoms with Gasteiger partial charge in [-0.2, -0.15) is 8.42 Å². The van der Waals surface area contributed by atoms with Crippen LogP contribution in [-0.4, -0.2) is 35.5 Å². The van der Waals surface area contributed by atoms with Crippen molar-refractivity contribution in [3.63, 3.8) is 0 Å². The van der Waals surface area contributed by atoms with E-state index in [9.17, 15) is 13.2 Å². The van der Waals surface area contributed by atoms with Crippen molar-refractivity contribution in [2.75, 3.05) is 11.8 Å². The Kier molecular flexibility index (Phi) is 7.22. The number of aromatic nitrogens is 4. The molecule has 12 heteroatoms. The molecule has 4 rings (SSSR count). The van der Waals surface area contributed by atoms with E-state index in [1.54, 1.807) is 36.4 Å². The summed E-state index contributed by atoms with van der Waals surface area (Å²) < 4.78 is 40.0. The van der Waals surface area contributed by atoms with Crippen LogP contribution in [0.2, 0.25) is 5.15 Å². The van der Waals surface area contributed by atoms with Gasteiger partial charge in [-0.3, -0.25) is 9.52 Å². The Hall–Kier alpha value is -3.96. The molecular formula is C24H22ClN5O5S. The lowest BCUT2D eigenvalue weighted by Crippen LogP contribution is -2.17. The number of nitrogens with zero attached hydrogens (tertiary/aromatic N) is 3. The van der Waals surface area contributed by atoms with Crippen LogP contribution in [0, 0.1) is 0 Å². The maximum Gasteiger partial charge on any atom is 0.280 e. The van der Waals surface area contributed by atoms with Gasteiger partial charge < -0.3 is 14.5 Å². The number of benzene rings is 1. The Morgan fingerprint density at radius 1 is 1.06 bits per heavy atom. The van der Waals surface area contributed by atoms with Gasteiger partial charge in [-0.05, 0) is 35.7 Å². The van der Waals surface area contributed by atoms with E-state index >= 15 is 0 Å². The molecule has 1 aromatic carbocycles. The molecular weight excluding hydrogens is 506 g/mol. The van der Waals surface area contributed by atoms with Crippen LogP contribution in [0.3, 0.4) is 0 Å². The smallest absolute Gasteiger partial charge is 0.280 e. The van der Waals surface area contributed by atoms with Crippen LogP contribution in [0.1, 0.15) is 25.3 Å². The lowest BCUT2D eigenvalue weighted by atomic mass is 10.1. The van der Waals surface area contributed by atoms with Crippen molar-refractivity contribution >= 4 is 27.4 Å². The number of para-hydroxylation sites is 2. The minimum Gasteiger partial charge on any atom is -0.493 e. The summed E-state index contributed by atoms with van der Waals surface area (Å²) in [7, 11) is -2.73. The van der Waals surface area contributed by atoms with Gasteiger partial charge in [-0.15, -0.1) is 0 Å². The van der Waals surface area contributed by atoms with Crippen molar-refractivity contribution in [3.05, 3.63) is 82.0 Å². The molecule has 0 aliphatic heterocycles. The molecule has 0 aliphatic rings. The molecule has 2 N–H and O–H groups in total. The molecule has 0 saturated heterocycles. The van der Waals surface area contributed by atoms with Crippen LogP contribution >= 0.6 is 11.6 Å². The third kappa shape index (κ3) is 5.47. The molecule has 0 atom stereocenters. The Morgan fingerprint density at radius 3 is 2.44 bits per heavy atom. The number of nitrogens with one attached hydrogen (secondary N) is 2. The molecule has 3 aromatic heterocycles. The van der Waals surface area contributed by atoms with E-state index in [4.69, 9.17) is 21.1 Å². The van der Waals surface area contributed by atoms with Crippen LogP contribution in [0.4, 0.5) is 5.82 Å². The van der Waals surface area contributed by atoms with Crippen LogP contribution in [0.25, 0.3) is 11.4 Å². The Bertz CT molecular complexity index is 1560. The first-order chi connectivity index (χ1) is 17.2. The van der Waals surface area contributed by atoms with Gasteiger partial charge in [-0.25, -0.2) is 15.0 Å². The zero-order valence-electron chi connectivity index (χ0n) is 19.5. The summed E-state index contributed by atoms with van der Waals surface area (Å²) in [5.74, 6) is 0.434. The number of H-pyrrole nitrogens is 1. The summed E-state index contributed by atoms with van der Waals surface area (Å²) >= 11 is 6.45. The highest BCUT2D eigenvalue weighted by Crippen LogP contribution is 2.39. The van der Waals surface area contributed by atoms with Crippen LogP contribution in [0.15, 0.2) is 70.7 Å². The molecule has 10 nitrogen and oxygen atoms in total. The third-order valence-electron chi connectivity index (χ3n) is 5.07. The van der Waals surface area contributed by atoms with Crippen molar-refractivity contribution in [3.8, 4) is 28.6 Å². The second-order valence-corrected chi connectivity index (χ2v) is 9.89. The molecule has 186 valence electrons. The van der Waals surface area contributed by atoms with E-state index < -0.39 is 15.6 Å². The number of hydrogen-bond donors (Lipinski definition) is 2. The van der Waals surface area contributed by atoms with Gasteiger partial charge in [0.15, 0.2) is 33.3 Å². The highest BCUT2D eigenvalue weighted by atomic mass is 35.5. The van der Waals surface area contributed by atoms with Crippen LogP contribution < -0.4 is 19.8 Å². The number of aromatic amines is 1. The van der Waals surface area contributed by atoms with E-state index in [1.807, 2.05) is 13.8 Å². The fraction of sp³-hybridized carbons (Fsp3) is 0.167. The number of rotatable bonds is 8. The Morgan fingerprint density at radius 2 is 1.81 bits per heavy atom. The Balaban J connectivity index is 1.82. The molecule has 0 fully saturated rings. The largest absolute Gasteiger partial charge is 0.493 e. The van der Waals surface area contributed by atoms with Crippen molar-refractivity contribution in [1.82, 2.24) is 19.9 Å². The van der Waals surface area contributed by atoms with Gasteiger partial charge in [0.1, 0.15) is 0 Å². The molecule has 0 aliphatic carbocycles. The zero-order chi connectivity index (χ0) is 25.9. The fourth-order valence-electron chi connectivity index (χ4n) is 3.18. The van der Waals surface area contributed by atoms with E-state index in [1.165, 1.54) is 31.6 Å². The topological polar surface area (TPSA) is 136 Å². The summed E-state index contributed by atoms with van der Waals surface area (Å²) in [6, 6.07) is 12.6. The molecule has 3 heterocycles.